The number of nitrogens with one attached hydrogen (secondary N) is 1. The van der Waals surface area contributed by atoms with Gasteiger partial charge in [0.1, 0.15) is 0 Å². The molecule has 128 valence electrons. The Bertz CT molecular complexity index is 900. The molecule has 1 N–H and O–H groups in total. The van der Waals surface area contributed by atoms with Gasteiger partial charge in [0.2, 0.25) is 0 Å². The zero-order valence-corrected chi connectivity index (χ0v) is 14.9. The van der Waals surface area contributed by atoms with E-state index in [1.807, 2.05) is 26.0 Å². The lowest BCUT2D eigenvalue weighted by Gasteiger charge is -2.08. The average molecular weight is 347 g/mol. The summed E-state index contributed by atoms with van der Waals surface area (Å²) in [5, 5.41) is 7.06. The third-order valence-corrected chi connectivity index (χ3v) is 6.11. The summed E-state index contributed by atoms with van der Waals surface area (Å²) in [6.45, 7) is 4.06. The number of benzene rings is 1. The molecule has 0 spiro atoms. The van der Waals surface area contributed by atoms with Gasteiger partial charge in [-0.05, 0) is 31.9 Å². The summed E-state index contributed by atoms with van der Waals surface area (Å²) in [5.74, 6) is -0.188. The van der Waals surface area contributed by atoms with Crippen molar-refractivity contribution in [3.8, 4) is 11.3 Å². The minimum absolute atomic E-state index is 0.00943. The average Bonchev–Trinajstić information content (AvgIpc) is 3.02. The smallest absolute Gasteiger partial charge is 0.272 e. The van der Waals surface area contributed by atoms with Gasteiger partial charge in [0.15, 0.2) is 15.5 Å². The molecule has 24 heavy (non-hydrogen) atoms. The van der Waals surface area contributed by atoms with Crippen molar-refractivity contribution in [1.29, 1.82) is 0 Å². The molecule has 1 aromatic carbocycles. The van der Waals surface area contributed by atoms with E-state index < -0.39 is 9.84 Å². The summed E-state index contributed by atoms with van der Waals surface area (Å²) in [7, 11) is -1.22. The molecule has 1 aliphatic rings. The van der Waals surface area contributed by atoms with Crippen LogP contribution in [-0.2, 0) is 16.9 Å². The van der Waals surface area contributed by atoms with Gasteiger partial charge in [-0.25, -0.2) is 8.42 Å². The normalized spacial score (nSPS) is 19.4. The highest BCUT2D eigenvalue weighted by atomic mass is 32.2. The zero-order chi connectivity index (χ0) is 17.5. The minimum Gasteiger partial charge on any atom is -0.347 e. The Morgan fingerprint density at radius 3 is 2.67 bits per heavy atom. The highest BCUT2D eigenvalue weighted by Gasteiger charge is 2.29. The number of aryl methyl sites for hydroxylation is 3. The zero-order valence-electron chi connectivity index (χ0n) is 14.0. The van der Waals surface area contributed by atoms with Gasteiger partial charge < -0.3 is 5.32 Å². The first-order valence-electron chi connectivity index (χ1n) is 7.88. The van der Waals surface area contributed by atoms with Crippen LogP contribution >= 0.6 is 0 Å². The van der Waals surface area contributed by atoms with E-state index in [4.69, 9.17) is 0 Å². The van der Waals surface area contributed by atoms with Gasteiger partial charge in [-0.15, -0.1) is 0 Å². The first kappa shape index (κ1) is 16.7. The van der Waals surface area contributed by atoms with Gasteiger partial charge in [-0.2, -0.15) is 5.10 Å². The Morgan fingerprint density at radius 2 is 2.04 bits per heavy atom. The number of hydrogen-bond acceptors (Lipinski definition) is 4. The molecule has 1 unspecified atom stereocenters. The maximum atomic E-state index is 12.4. The molecular weight excluding hydrogens is 326 g/mol. The molecule has 0 radical (unpaired) electrons. The van der Waals surface area contributed by atoms with Crippen LogP contribution in [0.5, 0.6) is 0 Å². The maximum Gasteiger partial charge on any atom is 0.272 e. The summed E-state index contributed by atoms with van der Waals surface area (Å²) in [5.41, 5.74) is 4.48. The Morgan fingerprint density at radius 1 is 1.29 bits per heavy atom. The Balaban J connectivity index is 1.82. The SMILES string of the molecule is Cc1ccc(-c2cc(C(=O)NC3CCS(=O)(=O)C3)nn2C)c(C)c1. The van der Waals surface area contributed by atoms with Crippen molar-refractivity contribution in [3.63, 3.8) is 0 Å². The van der Waals surface area contributed by atoms with Crippen molar-refractivity contribution in [2.45, 2.75) is 26.3 Å². The van der Waals surface area contributed by atoms with Gasteiger partial charge in [0.05, 0.1) is 17.2 Å². The molecule has 1 saturated heterocycles. The Labute approximate surface area is 141 Å². The third-order valence-electron chi connectivity index (χ3n) is 4.34. The highest BCUT2D eigenvalue weighted by Crippen LogP contribution is 2.24. The van der Waals surface area contributed by atoms with Crippen molar-refractivity contribution in [1.82, 2.24) is 15.1 Å². The highest BCUT2D eigenvalue weighted by molar-refractivity contribution is 7.91. The van der Waals surface area contributed by atoms with Crippen LogP contribution in [0, 0.1) is 13.8 Å². The fraction of sp³-hybridized carbons (Fsp3) is 0.412. The lowest BCUT2D eigenvalue weighted by atomic mass is 10.0. The van der Waals surface area contributed by atoms with Crippen molar-refractivity contribution in [3.05, 3.63) is 41.1 Å². The standard InChI is InChI=1S/C17H21N3O3S/c1-11-4-5-14(12(2)8-11)16-9-15(19-20(16)3)17(21)18-13-6-7-24(22,23)10-13/h4-5,8-9,13H,6-7,10H2,1-3H3,(H,18,21). The van der Waals surface area contributed by atoms with Crippen LogP contribution in [-0.4, -0.2) is 41.7 Å². The van der Waals surface area contributed by atoms with E-state index in [0.29, 0.717) is 12.1 Å². The monoisotopic (exact) mass is 347 g/mol. The van der Waals surface area contributed by atoms with E-state index in [2.05, 4.69) is 16.5 Å². The van der Waals surface area contributed by atoms with Crippen LogP contribution in [0.25, 0.3) is 11.3 Å². The fourth-order valence-corrected chi connectivity index (χ4v) is 4.77. The second-order valence-corrected chi connectivity index (χ2v) is 8.66. The molecule has 6 nitrogen and oxygen atoms in total. The van der Waals surface area contributed by atoms with Crippen molar-refractivity contribution in [2.75, 3.05) is 11.5 Å². The van der Waals surface area contributed by atoms with E-state index in [0.717, 1.165) is 16.8 Å². The molecule has 1 fully saturated rings. The summed E-state index contributed by atoms with van der Waals surface area (Å²) < 4.78 is 24.7. The first-order chi connectivity index (χ1) is 11.2. The number of hydrogen-bond donors (Lipinski definition) is 1. The predicted molar refractivity (Wildman–Crippen MR) is 92.6 cm³/mol. The van der Waals surface area contributed by atoms with Crippen LogP contribution in [0.1, 0.15) is 28.0 Å². The second-order valence-electron chi connectivity index (χ2n) is 6.43. The molecule has 0 saturated carbocycles. The summed E-state index contributed by atoms with van der Waals surface area (Å²) in [6.07, 6.45) is 0.463. The molecule has 1 aromatic heterocycles. The quantitative estimate of drug-likeness (QED) is 0.915. The minimum atomic E-state index is -3.02. The maximum absolute atomic E-state index is 12.4. The van der Waals surface area contributed by atoms with Crippen LogP contribution in [0.3, 0.4) is 0 Å². The van der Waals surface area contributed by atoms with E-state index in [1.54, 1.807) is 17.8 Å². The van der Waals surface area contributed by atoms with Gasteiger partial charge >= 0.3 is 0 Å². The van der Waals surface area contributed by atoms with Gasteiger partial charge in [-0.3, -0.25) is 9.48 Å². The lowest BCUT2D eigenvalue weighted by Crippen LogP contribution is -2.35. The van der Waals surface area contributed by atoms with E-state index >= 15 is 0 Å². The third kappa shape index (κ3) is 3.36. The Kier molecular flexibility index (Phi) is 4.21. The molecule has 3 rings (SSSR count). The molecule has 1 atom stereocenters. The number of nitrogens with zero attached hydrogens (tertiary/aromatic N) is 2. The molecule has 2 aromatic rings. The van der Waals surface area contributed by atoms with Crippen LogP contribution in [0.4, 0.5) is 0 Å². The summed E-state index contributed by atoms with van der Waals surface area (Å²) >= 11 is 0. The van der Waals surface area contributed by atoms with Crippen molar-refractivity contribution < 1.29 is 13.2 Å². The van der Waals surface area contributed by atoms with Gasteiger partial charge in [-0.1, -0.05) is 23.8 Å². The molecular formula is C17H21N3O3S. The van der Waals surface area contributed by atoms with Gasteiger partial charge in [0, 0.05) is 18.7 Å². The predicted octanol–water partition coefficient (Wildman–Crippen LogP) is 1.62. The number of carbonyl (C=O) groups excluding carboxylic acids is 1. The van der Waals surface area contributed by atoms with Crippen LogP contribution in [0.15, 0.2) is 24.3 Å². The number of aromatic nitrogens is 2. The molecule has 1 amide bonds. The summed E-state index contributed by atoms with van der Waals surface area (Å²) in [6, 6.07) is 7.56. The number of carbonyl (C=O) groups is 1. The van der Waals surface area contributed by atoms with Crippen LogP contribution in [0.2, 0.25) is 0 Å². The second kappa shape index (κ2) is 6.05. The molecule has 0 bridgehead atoms. The van der Waals surface area contributed by atoms with Crippen molar-refractivity contribution in [2.24, 2.45) is 7.05 Å². The first-order valence-corrected chi connectivity index (χ1v) is 9.70. The van der Waals surface area contributed by atoms with Gasteiger partial charge in [0.25, 0.3) is 5.91 Å². The fourth-order valence-electron chi connectivity index (χ4n) is 3.10. The number of sulfone groups is 1. The molecule has 2 heterocycles. The number of amides is 1. The van der Waals surface area contributed by atoms with Crippen molar-refractivity contribution >= 4 is 15.7 Å². The van der Waals surface area contributed by atoms with E-state index in [9.17, 15) is 13.2 Å². The summed E-state index contributed by atoms with van der Waals surface area (Å²) in [4.78, 5) is 12.4. The number of rotatable bonds is 3. The Hall–Kier alpha value is -2.15. The lowest BCUT2D eigenvalue weighted by molar-refractivity contribution is 0.0935. The topological polar surface area (TPSA) is 81.1 Å². The molecule has 0 aliphatic carbocycles. The van der Waals surface area contributed by atoms with E-state index in [1.165, 1.54) is 5.56 Å². The van der Waals surface area contributed by atoms with Crippen LogP contribution < -0.4 is 5.32 Å². The largest absolute Gasteiger partial charge is 0.347 e. The molecule has 7 heteroatoms. The van der Waals surface area contributed by atoms with E-state index in [-0.39, 0.29) is 23.5 Å². The molecule has 1 aliphatic heterocycles.